The summed E-state index contributed by atoms with van der Waals surface area (Å²) in [5.41, 5.74) is 2.81. The number of fused-ring (bicyclic) bond motifs is 1. The molecule has 4 aromatic rings. The van der Waals surface area contributed by atoms with Gasteiger partial charge in [-0.05, 0) is 48.0 Å². The predicted octanol–water partition coefficient (Wildman–Crippen LogP) is 4.07. The van der Waals surface area contributed by atoms with Gasteiger partial charge in [-0.25, -0.2) is 4.79 Å². The molecule has 2 heterocycles. The molecule has 0 spiro atoms. The second-order valence-corrected chi connectivity index (χ2v) is 9.33. The summed E-state index contributed by atoms with van der Waals surface area (Å²) in [6.45, 7) is 2.90. The first-order valence-corrected chi connectivity index (χ1v) is 12.5. The number of halogens is 1. The van der Waals surface area contributed by atoms with Crippen LogP contribution in [0.15, 0.2) is 77.6 Å². The number of esters is 1. The van der Waals surface area contributed by atoms with Crippen LogP contribution in [0.5, 0.6) is 0 Å². The molecular formula is C29H26ClN3O4. The van der Waals surface area contributed by atoms with Gasteiger partial charge in [-0.2, -0.15) is 0 Å². The highest BCUT2D eigenvalue weighted by Gasteiger charge is 2.25. The topological polar surface area (TPSA) is 80.6 Å². The number of methoxy groups -OCH3 is 1. The number of nitrogens with zero attached hydrogens (tertiary/aromatic N) is 2. The summed E-state index contributed by atoms with van der Waals surface area (Å²) in [5, 5.41) is 4.14. The van der Waals surface area contributed by atoms with Crippen molar-refractivity contribution in [2.75, 3.05) is 33.3 Å². The molecule has 7 nitrogen and oxygen atoms in total. The van der Waals surface area contributed by atoms with E-state index in [0.29, 0.717) is 45.8 Å². The maximum absolute atomic E-state index is 13.7. The lowest BCUT2D eigenvalue weighted by Gasteiger charge is -2.27. The van der Waals surface area contributed by atoms with Crippen LogP contribution in [0.4, 0.5) is 0 Å². The van der Waals surface area contributed by atoms with Gasteiger partial charge < -0.3 is 19.5 Å². The molecule has 1 amide bonds. The second kappa shape index (κ2) is 10.6. The Balaban J connectivity index is 1.62. The number of ether oxygens (including phenoxy) is 1. The van der Waals surface area contributed by atoms with Gasteiger partial charge in [-0.1, -0.05) is 41.9 Å². The number of pyridine rings is 1. The van der Waals surface area contributed by atoms with Gasteiger partial charge in [0.2, 0.25) is 0 Å². The van der Waals surface area contributed by atoms with Gasteiger partial charge in [-0.3, -0.25) is 9.59 Å². The van der Waals surface area contributed by atoms with Crippen molar-refractivity contribution in [1.82, 2.24) is 14.8 Å². The highest BCUT2D eigenvalue weighted by molar-refractivity contribution is 6.31. The molecule has 1 fully saturated rings. The van der Waals surface area contributed by atoms with Crippen LogP contribution in [0.2, 0.25) is 5.02 Å². The van der Waals surface area contributed by atoms with Crippen molar-refractivity contribution in [3.05, 3.63) is 110 Å². The van der Waals surface area contributed by atoms with Gasteiger partial charge in [0.1, 0.15) is 5.69 Å². The number of para-hydroxylation sites is 1. The Bertz CT molecular complexity index is 1530. The first-order chi connectivity index (χ1) is 18.0. The molecule has 0 unspecified atom stereocenters. The molecule has 37 heavy (non-hydrogen) atoms. The number of piperazine rings is 1. The van der Waals surface area contributed by atoms with E-state index in [1.165, 1.54) is 7.11 Å². The number of rotatable bonds is 5. The van der Waals surface area contributed by atoms with E-state index >= 15 is 0 Å². The highest BCUT2D eigenvalue weighted by atomic mass is 35.5. The Labute approximate surface area is 219 Å². The molecule has 1 saturated heterocycles. The van der Waals surface area contributed by atoms with Crippen LogP contribution in [0.3, 0.4) is 0 Å². The average Bonchev–Trinajstić information content (AvgIpc) is 2.94. The molecule has 3 aromatic carbocycles. The van der Waals surface area contributed by atoms with E-state index in [-0.39, 0.29) is 23.5 Å². The number of benzene rings is 3. The fourth-order valence-corrected chi connectivity index (χ4v) is 4.91. The molecule has 1 aliphatic rings. The molecule has 0 radical (unpaired) electrons. The van der Waals surface area contributed by atoms with E-state index in [1.807, 2.05) is 47.4 Å². The Morgan fingerprint density at radius 1 is 0.973 bits per heavy atom. The number of aromatic nitrogens is 1. The van der Waals surface area contributed by atoms with Gasteiger partial charge in [0.05, 0.1) is 12.6 Å². The van der Waals surface area contributed by atoms with Crippen LogP contribution in [0.1, 0.15) is 32.0 Å². The van der Waals surface area contributed by atoms with E-state index in [4.69, 9.17) is 16.3 Å². The number of nitrogens with one attached hydrogen (secondary N) is 1. The molecule has 0 aliphatic carbocycles. The Hall–Kier alpha value is -3.94. The van der Waals surface area contributed by atoms with Gasteiger partial charge in [0.25, 0.3) is 5.91 Å². The number of carbonyl (C=O) groups is 2. The summed E-state index contributed by atoms with van der Waals surface area (Å²) in [6.07, 6.45) is 0.191. The third-order valence-electron chi connectivity index (χ3n) is 6.61. The van der Waals surface area contributed by atoms with E-state index in [2.05, 4.69) is 5.32 Å². The van der Waals surface area contributed by atoms with Crippen LogP contribution >= 0.6 is 11.6 Å². The van der Waals surface area contributed by atoms with Crippen molar-refractivity contribution in [3.8, 4) is 5.69 Å². The maximum atomic E-state index is 13.7. The minimum atomic E-state index is -0.622. The third-order valence-corrected chi connectivity index (χ3v) is 6.84. The lowest BCUT2D eigenvalue weighted by atomic mass is 9.98. The van der Waals surface area contributed by atoms with E-state index in [0.717, 1.165) is 18.7 Å². The van der Waals surface area contributed by atoms with E-state index in [1.54, 1.807) is 34.9 Å². The summed E-state index contributed by atoms with van der Waals surface area (Å²) >= 11 is 6.30. The lowest BCUT2D eigenvalue weighted by Crippen LogP contribution is -2.46. The largest absolute Gasteiger partial charge is 0.464 e. The van der Waals surface area contributed by atoms with E-state index < -0.39 is 5.97 Å². The SMILES string of the molecule is COC(=O)c1c(Cc2ccc(C(=O)N3CCNCC3)cc2)c(=O)c2ccc(Cl)cc2n1-c1ccccc1. The second-order valence-electron chi connectivity index (χ2n) is 8.90. The average molecular weight is 516 g/mol. The standard InChI is InChI=1S/C29H26ClN3O4/c1-37-29(36)26-24(17-19-7-9-20(10-8-19)28(35)32-15-13-31-14-16-32)27(34)23-12-11-21(30)18-25(23)33(26)22-5-3-2-4-6-22/h2-12,18,31H,13-17H2,1H3. The van der Waals surface area contributed by atoms with Gasteiger partial charge in [0, 0.05) is 59.8 Å². The van der Waals surface area contributed by atoms with Crippen molar-refractivity contribution >= 4 is 34.4 Å². The molecule has 5 rings (SSSR count). The summed E-state index contributed by atoms with van der Waals surface area (Å²) in [5.74, 6) is -0.638. The minimum Gasteiger partial charge on any atom is -0.464 e. The molecule has 0 atom stereocenters. The fraction of sp³-hybridized carbons (Fsp3) is 0.207. The van der Waals surface area contributed by atoms with Crippen LogP contribution in [0, 0.1) is 0 Å². The van der Waals surface area contributed by atoms with Crippen LogP contribution < -0.4 is 10.7 Å². The van der Waals surface area contributed by atoms with Gasteiger partial charge in [0.15, 0.2) is 5.43 Å². The van der Waals surface area contributed by atoms with Crippen molar-refractivity contribution in [2.24, 2.45) is 0 Å². The van der Waals surface area contributed by atoms with Crippen molar-refractivity contribution < 1.29 is 14.3 Å². The molecule has 1 N–H and O–H groups in total. The van der Waals surface area contributed by atoms with Crippen LogP contribution in [0.25, 0.3) is 16.6 Å². The first-order valence-electron chi connectivity index (χ1n) is 12.1. The molecular weight excluding hydrogens is 490 g/mol. The molecule has 0 bridgehead atoms. The van der Waals surface area contributed by atoms with Crippen molar-refractivity contribution in [2.45, 2.75) is 6.42 Å². The molecule has 0 saturated carbocycles. The van der Waals surface area contributed by atoms with E-state index in [9.17, 15) is 14.4 Å². The summed E-state index contributed by atoms with van der Waals surface area (Å²) < 4.78 is 6.87. The van der Waals surface area contributed by atoms with Crippen molar-refractivity contribution in [1.29, 1.82) is 0 Å². The Morgan fingerprint density at radius 2 is 1.68 bits per heavy atom. The number of hydrogen-bond acceptors (Lipinski definition) is 5. The number of amides is 1. The smallest absolute Gasteiger partial charge is 0.355 e. The normalized spacial score (nSPS) is 13.5. The van der Waals surface area contributed by atoms with Gasteiger partial charge >= 0.3 is 5.97 Å². The quantitative estimate of drug-likeness (QED) is 0.405. The van der Waals surface area contributed by atoms with Crippen molar-refractivity contribution in [3.63, 3.8) is 0 Å². The molecule has 1 aromatic heterocycles. The fourth-order valence-electron chi connectivity index (χ4n) is 4.75. The zero-order chi connectivity index (χ0) is 25.9. The summed E-state index contributed by atoms with van der Waals surface area (Å²) in [4.78, 5) is 41.5. The summed E-state index contributed by atoms with van der Waals surface area (Å²) in [7, 11) is 1.30. The molecule has 188 valence electrons. The Kier molecular flexibility index (Phi) is 7.08. The number of carbonyl (C=O) groups excluding carboxylic acids is 2. The molecule has 8 heteroatoms. The summed E-state index contributed by atoms with van der Waals surface area (Å²) in [6, 6.07) is 21.5. The monoisotopic (exact) mass is 515 g/mol. The van der Waals surface area contributed by atoms with Crippen LogP contribution in [-0.4, -0.2) is 54.6 Å². The first kappa shape index (κ1) is 24.7. The highest BCUT2D eigenvalue weighted by Crippen LogP contribution is 2.26. The number of hydrogen-bond donors (Lipinski definition) is 1. The lowest BCUT2D eigenvalue weighted by molar-refractivity contribution is 0.0589. The van der Waals surface area contributed by atoms with Gasteiger partial charge in [-0.15, -0.1) is 0 Å². The third kappa shape index (κ3) is 4.88. The predicted molar refractivity (Wildman–Crippen MR) is 144 cm³/mol. The molecule has 1 aliphatic heterocycles. The van der Waals surface area contributed by atoms with Crippen LogP contribution in [-0.2, 0) is 11.2 Å². The minimum absolute atomic E-state index is 0.0164. The zero-order valence-corrected chi connectivity index (χ0v) is 21.1. The zero-order valence-electron chi connectivity index (χ0n) is 20.4. The Morgan fingerprint density at radius 3 is 2.35 bits per heavy atom. The maximum Gasteiger partial charge on any atom is 0.355 e.